The van der Waals surface area contributed by atoms with Crippen molar-refractivity contribution in [3.05, 3.63) is 28.7 Å². The maximum Gasteiger partial charge on any atom is 0.310 e. The molecule has 2 N–H and O–H groups in total. The molecule has 0 unspecified atom stereocenters. The summed E-state index contributed by atoms with van der Waals surface area (Å²) in [7, 11) is 0. The van der Waals surface area contributed by atoms with Crippen molar-refractivity contribution in [2.24, 2.45) is 5.73 Å². The standard InChI is InChI=1S/C8H8BrF2NS/c9-6-2-1-3-7(4-6)13-8(10,11)5-12/h1-4H,5,12H2. The van der Waals surface area contributed by atoms with Crippen molar-refractivity contribution in [3.8, 4) is 0 Å². The lowest BCUT2D eigenvalue weighted by Gasteiger charge is -2.12. The second kappa shape index (κ2) is 4.39. The van der Waals surface area contributed by atoms with Crippen LogP contribution in [0.3, 0.4) is 0 Å². The van der Waals surface area contributed by atoms with E-state index in [4.69, 9.17) is 5.73 Å². The Morgan fingerprint density at radius 3 is 2.69 bits per heavy atom. The lowest BCUT2D eigenvalue weighted by Crippen LogP contribution is -2.23. The number of alkyl halides is 2. The van der Waals surface area contributed by atoms with Crippen molar-refractivity contribution < 1.29 is 8.78 Å². The summed E-state index contributed by atoms with van der Waals surface area (Å²) in [5, 5.41) is -2.89. The molecule has 0 fully saturated rings. The van der Waals surface area contributed by atoms with Crippen LogP contribution in [-0.4, -0.2) is 11.8 Å². The molecule has 0 aliphatic heterocycles. The third kappa shape index (κ3) is 3.62. The van der Waals surface area contributed by atoms with E-state index < -0.39 is 11.8 Å². The van der Waals surface area contributed by atoms with Crippen molar-refractivity contribution >= 4 is 27.7 Å². The van der Waals surface area contributed by atoms with E-state index in [1.54, 1.807) is 24.3 Å². The van der Waals surface area contributed by atoms with Crippen molar-refractivity contribution in [3.63, 3.8) is 0 Å². The lowest BCUT2D eigenvalue weighted by atomic mass is 10.4. The van der Waals surface area contributed by atoms with Crippen LogP contribution in [0.5, 0.6) is 0 Å². The zero-order chi connectivity index (χ0) is 9.90. The van der Waals surface area contributed by atoms with Crippen molar-refractivity contribution in [2.75, 3.05) is 6.54 Å². The SMILES string of the molecule is NCC(F)(F)Sc1cccc(Br)c1. The van der Waals surface area contributed by atoms with E-state index in [2.05, 4.69) is 15.9 Å². The van der Waals surface area contributed by atoms with E-state index in [1.807, 2.05) is 0 Å². The molecule has 0 aliphatic carbocycles. The molecule has 0 spiro atoms. The van der Waals surface area contributed by atoms with E-state index in [9.17, 15) is 8.78 Å². The summed E-state index contributed by atoms with van der Waals surface area (Å²) in [6.07, 6.45) is 0. The van der Waals surface area contributed by atoms with Gasteiger partial charge in [0.2, 0.25) is 0 Å². The Hall–Kier alpha value is -0.130. The molecule has 0 saturated heterocycles. The Balaban J connectivity index is 2.74. The molecule has 5 heteroatoms. The smallest absolute Gasteiger partial charge is 0.310 e. The van der Waals surface area contributed by atoms with Crippen LogP contribution in [-0.2, 0) is 0 Å². The fourth-order valence-corrected chi connectivity index (χ4v) is 2.06. The first-order valence-electron chi connectivity index (χ1n) is 3.56. The van der Waals surface area contributed by atoms with E-state index in [1.165, 1.54) is 0 Å². The topological polar surface area (TPSA) is 26.0 Å². The molecule has 13 heavy (non-hydrogen) atoms. The van der Waals surface area contributed by atoms with Crippen molar-refractivity contribution in [2.45, 2.75) is 10.2 Å². The molecular weight excluding hydrogens is 260 g/mol. The molecule has 1 nitrogen and oxygen atoms in total. The summed E-state index contributed by atoms with van der Waals surface area (Å²) in [5.74, 6) is 0. The van der Waals surface area contributed by atoms with Gasteiger partial charge in [-0.15, -0.1) is 0 Å². The average molecular weight is 268 g/mol. The average Bonchev–Trinajstić information content (AvgIpc) is 2.03. The van der Waals surface area contributed by atoms with Crippen LogP contribution >= 0.6 is 27.7 Å². The highest BCUT2D eigenvalue weighted by atomic mass is 79.9. The Labute approximate surface area is 87.8 Å². The van der Waals surface area contributed by atoms with Crippen LogP contribution in [0.25, 0.3) is 0 Å². The summed E-state index contributed by atoms with van der Waals surface area (Å²) in [5.41, 5.74) is 4.91. The third-order valence-electron chi connectivity index (χ3n) is 1.30. The number of thioether (sulfide) groups is 1. The van der Waals surface area contributed by atoms with Crippen LogP contribution in [0.2, 0.25) is 0 Å². The largest absolute Gasteiger partial charge is 0.324 e. The zero-order valence-corrected chi connectivity index (χ0v) is 9.04. The Morgan fingerprint density at radius 2 is 2.15 bits per heavy atom. The zero-order valence-electron chi connectivity index (χ0n) is 6.64. The number of nitrogens with two attached hydrogens (primary N) is 1. The van der Waals surface area contributed by atoms with Gasteiger partial charge in [-0.1, -0.05) is 33.8 Å². The Bertz CT molecular complexity index is 293. The summed E-state index contributed by atoms with van der Waals surface area (Å²) in [6, 6.07) is 6.75. The second-order valence-electron chi connectivity index (χ2n) is 2.40. The van der Waals surface area contributed by atoms with Gasteiger partial charge in [-0.2, -0.15) is 8.78 Å². The van der Waals surface area contributed by atoms with Gasteiger partial charge in [-0.25, -0.2) is 0 Å². The first-order chi connectivity index (χ1) is 6.03. The molecule has 0 amide bonds. The second-order valence-corrected chi connectivity index (χ2v) is 4.59. The molecule has 0 saturated carbocycles. The molecule has 1 aromatic rings. The predicted molar refractivity (Wildman–Crippen MR) is 54.0 cm³/mol. The Morgan fingerprint density at radius 1 is 1.46 bits per heavy atom. The molecule has 0 aliphatic rings. The van der Waals surface area contributed by atoms with E-state index in [0.717, 1.165) is 4.47 Å². The first kappa shape index (κ1) is 10.9. The molecule has 0 atom stereocenters. The lowest BCUT2D eigenvalue weighted by molar-refractivity contribution is 0.116. The summed E-state index contributed by atoms with van der Waals surface area (Å²) in [6.45, 7) is -0.649. The van der Waals surface area contributed by atoms with Crippen LogP contribution in [0.1, 0.15) is 0 Å². The monoisotopic (exact) mass is 267 g/mol. The fraction of sp³-hybridized carbons (Fsp3) is 0.250. The molecule has 0 radical (unpaired) electrons. The van der Waals surface area contributed by atoms with Gasteiger partial charge in [-0.3, -0.25) is 0 Å². The summed E-state index contributed by atoms with van der Waals surface area (Å²) >= 11 is 3.67. The van der Waals surface area contributed by atoms with Gasteiger partial charge in [0.05, 0.1) is 6.54 Å². The highest BCUT2D eigenvalue weighted by Gasteiger charge is 2.28. The first-order valence-corrected chi connectivity index (χ1v) is 5.17. The molecule has 72 valence electrons. The van der Waals surface area contributed by atoms with Gasteiger partial charge in [0.1, 0.15) is 0 Å². The minimum Gasteiger partial charge on any atom is -0.324 e. The minimum absolute atomic E-state index is 0.472. The van der Waals surface area contributed by atoms with Gasteiger partial charge in [0.15, 0.2) is 0 Å². The van der Waals surface area contributed by atoms with Gasteiger partial charge in [0, 0.05) is 9.37 Å². The van der Waals surface area contributed by atoms with Gasteiger partial charge < -0.3 is 5.73 Å². The van der Waals surface area contributed by atoms with E-state index >= 15 is 0 Å². The van der Waals surface area contributed by atoms with Gasteiger partial charge in [-0.05, 0) is 18.2 Å². The minimum atomic E-state index is -2.89. The Kier molecular flexibility index (Phi) is 3.70. The summed E-state index contributed by atoms with van der Waals surface area (Å²) < 4.78 is 26.4. The molecule has 0 bridgehead atoms. The van der Waals surface area contributed by atoms with Gasteiger partial charge >= 0.3 is 5.25 Å². The van der Waals surface area contributed by atoms with Crippen LogP contribution < -0.4 is 5.73 Å². The summed E-state index contributed by atoms with van der Waals surface area (Å²) in [4.78, 5) is 0.504. The quantitative estimate of drug-likeness (QED) is 0.852. The van der Waals surface area contributed by atoms with Crippen molar-refractivity contribution in [1.29, 1.82) is 0 Å². The highest BCUT2D eigenvalue weighted by Crippen LogP contribution is 2.35. The normalized spacial score (nSPS) is 11.7. The predicted octanol–water partition coefficient (Wildman–Crippen LogP) is 3.09. The number of hydrogen-bond donors (Lipinski definition) is 1. The van der Waals surface area contributed by atoms with Crippen molar-refractivity contribution in [1.82, 2.24) is 0 Å². The molecule has 1 aromatic carbocycles. The number of rotatable bonds is 3. The maximum absolute atomic E-state index is 12.8. The van der Waals surface area contributed by atoms with Gasteiger partial charge in [0.25, 0.3) is 0 Å². The molecular formula is C8H8BrF2NS. The van der Waals surface area contributed by atoms with E-state index in [-0.39, 0.29) is 0 Å². The fourth-order valence-electron chi connectivity index (χ4n) is 0.745. The number of hydrogen-bond acceptors (Lipinski definition) is 2. The molecule has 0 heterocycles. The van der Waals surface area contributed by atoms with Crippen LogP contribution in [0.4, 0.5) is 8.78 Å². The number of halogens is 3. The number of benzene rings is 1. The molecule has 1 rings (SSSR count). The van der Waals surface area contributed by atoms with E-state index in [0.29, 0.717) is 16.7 Å². The van der Waals surface area contributed by atoms with Crippen LogP contribution in [0, 0.1) is 0 Å². The highest BCUT2D eigenvalue weighted by molar-refractivity contribution is 9.10. The maximum atomic E-state index is 12.8. The van der Waals surface area contributed by atoms with Crippen LogP contribution in [0.15, 0.2) is 33.6 Å². The molecule has 0 aromatic heterocycles. The third-order valence-corrected chi connectivity index (χ3v) is 2.75.